The third kappa shape index (κ3) is 86.8. The highest BCUT2D eigenvalue weighted by Crippen LogP contribution is 1.78. The molecule has 0 bridgehead atoms. The summed E-state index contributed by atoms with van der Waals surface area (Å²) in [6.45, 7) is 10.8. The fraction of sp³-hybridized carbons (Fsp3) is 0.467. The standard InChI is InChI=1S/C6H10.C3H6N2.2C3H7NS/c1-3-5-6-4-2;3*1-4-3-5-2/h3-6H,1-2H3;1-3H2;2*3H,1-2H3/b5-3-,6-4-;;;. The third-order valence-corrected chi connectivity index (χ3v) is 1.96. The van der Waals surface area contributed by atoms with Crippen molar-refractivity contribution in [2.24, 2.45) is 20.0 Å². The smallest absolute Gasteiger partial charge is 0.127 e. The van der Waals surface area contributed by atoms with Gasteiger partial charge in [0.2, 0.25) is 0 Å². The summed E-state index contributed by atoms with van der Waals surface area (Å²) in [4.78, 5) is 14.1. The molecule has 4 nitrogen and oxygen atoms in total. The van der Waals surface area contributed by atoms with Crippen molar-refractivity contribution in [2.75, 3.05) is 33.3 Å². The molecule has 0 aliphatic carbocycles. The van der Waals surface area contributed by atoms with E-state index in [4.69, 9.17) is 0 Å². The maximum absolute atomic E-state index is 3.69. The van der Waals surface area contributed by atoms with Crippen LogP contribution in [0.3, 0.4) is 0 Å². The molecule has 0 unspecified atom stereocenters. The molecule has 0 atom stereocenters. The minimum Gasteiger partial charge on any atom is -0.290 e. The minimum atomic E-state index is 0.417. The molecular weight excluding hydrogens is 300 g/mol. The van der Waals surface area contributed by atoms with Crippen molar-refractivity contribution >= 4 is 48.1 Å². The first kappa shape index (κ1) is 28.1. The van der Waals surface area contributed by atoms with Gasteiger partial charge in [0.1, 0.15) is 6.67 Å². The Morgan fingerprint density at radius 1 is 0.810 bits per heavy atom. The molecule has 0 aromatic carbocycles. The predicted octanol–water partition coefficient (Wildman–Crippen LogP) is 4.50. The first-order chi connectivity index (χ1) is 10.2. The highest BCUT2D eigenvalue weighted by atomic mass is 32.2. The van der Waals surface area contributed by atoms with Gasteiger partial charge in [-0.1, -0.05) is 24.3 Å². The minimum absolute atomic E-state index is 0.417. The second-order valence-corrected chi connectivity index (χ2v) is 4.20. The Kier molecular flexibility index (Phi) is 57.2. The zero-order chi connectivity index (χ0) is 17.2. The van der Waals surface area contributed by atoms with E-state index in [-0.39, 0.29) is 0 Å². The zero-order valence-electron chi connectivity index (χ0n) is 14.2. The largest absolute Gasteiger partial charge is 0.290 e. The molecule has 0 aromatic rings. The van der Waals surface area contributed by atoms with Gasteiger partial charge in [0.15, 0.2) is 0 Å². The lowest BCUT2D eigenvalue weighted by molar-refractivity contribution is 1.10. The second-order valence-electron chi connectivity index (χ2n) is 2.84. The normalized spacial score (nSPS) is 9.62. The summed E-state index contributed by atoms with van der Waals surface area (Å²) in [5.41, 5.74) is 3.58. The zero-order valence-corrected chi connectivity index (χ0v) is 15.8. The lowest BCUT2D eigenvalue weighted by Crippen LogP contribution is -1.61. The highest BCUT2D eigenvalue weighted by Gasteiger charge is 1.53. The van der Waals surface area contributed by atoms with Gasteiger partial charge >= 0.3 is 0 Å². The Morgan fingerprint density at radius 2 is 1.14 bits per heavy atom. The van der Waals surface area contributed by atoms with Crippen LogP contribution in [0, 0.1) is 0 Å². The predicted molar refractivity (Wildman–Crippen MR) is 109 cm³/mol. The monoisotopic (exact) mass is 330 g/mol. The van der Waals surface area contributed by atoms with Crippen molar-refractivity contribution in [3.05, 3.63) is 24.3 Å². The molecule has 0 aliphatic rings. The topological polar surface area (TPSA) is 49.4 Å². The maximum Gasteiger partial charge on any atom is 0.127 e. The van der Waals surface area contributed by atoms with E-state index in [9.17, 15) is 0 Å². The lowest BCUT2D eigenvalue weighted by Gasteiger charge is -1.68. The lowest BCUT2D eigenvalue weighted by atomic mass is 10.5. The second kappa shape index (κ2) is 42.8. The molecule has 0 aromatic heterocycles. The van der Waals surface area contributed by atoms with Gasteiger partial charge in [-0.05, 0) is 39.8 Å². The number of thioether (sulfide) groups is 2. The quantitative estimate of drug-likeness (QED) is 0.423. The van der Waals surface area contributed by atoms with Crippen molar-refractivity contribution in [2.45, 2.75) is 13.8 Å². The Balaban J connectivity index is -0.0000000921. The summed E-state index contributed by atoms with van der Waals surface area (Å²) < 4.78 is 0. The van der Waals surface area contributed by atoms with E-state index in [1.165, 1.54) is 0 Å². The fourth-order valence-corrected chi connectivity index (χ4v) is 0.925. The molecule has 0 N–H and O–H groups in total. The van der Waals surface area contributed by atoms with Crippen LogP contribution in [0.5, 0.6) is 0 Å². The number of hydrogen-bond acceptors (Lipinski definition) is 6. The first-order valence-electron chi connectivity index (χ1n) is 6.12. The molecule has 0 fully saturated rings. The highest BCUT2D eigenvalue weighted by molar-refractivity contribution is 8.11. The molecule has 0 amide bonds. The number of nitrogens with zero attached hydrogens (tertiary/aromatic N) is 4. The van der Waals surface area contributed by atoms with E-state index >= 15 is 0 Å². The summed E-state index contributed by atoms with van der Waals surface area (Å²) in [6, 6.07) is 0. The van der Waals surface area contributed by atoms with E-state index in [2.05, 4.69) is 33.4 Å². The molecule has 0 saturated carbocycles. The molecule has 0 rings (SSSR count). The van der Waals surface area contributed by atoms with Gasteiger partial charge in [-0.2, -0.15) is 0 Å². The number of rotatable bonds is 5. The molecule has 122 valence electrons. The fourth-order valence-electron chi connectivity index (χ4n) is 0.504. The van der Waals surface area contributed by atoms with Crippen molar-refractivity contribution in [3.63, 3.8) is 0 Å². The van der Waals surface area contributed by atoms with E-state index in [1.807, 2.05) is 50.7 Å². The Hall–Kier alpha value is -1.14. The number of allylic oxidation sites excluding steroid dienone is 4. The average molecular weight is 331 g/mol. The maximum atomic E-state index is 3.69. The molecule has 21 heavy (non-hydrogen) atoms. The van der Waals surface area contributed by atoms with Crippen molar-refractivity contribution in [1.29, 1.82) is 0 Å². The average Bonchev–Trinajstić information content (AvgIpc) is 2.49. The molecular formula is C15H30N4S2. The first-order valence-corrected chi connectivity index (χ1v) is 8.69. The van der Waals surface area contributed by atoms with E-state index in [0.717, 1.165) is 0 Å². The van der Waals surface area contributed by atoms with E-state index in [1.54, 1.807) is 48.7 Å². The summed E-state index contributed by atoms with van der Waals surface area (Å²) in [6.07, 6.45) is 12.0. The van der Waals surface area contributed by atoms with Crippen LogP contribution in [0.25, 0.3) is 0 Å². The van der Waals surface area contributed by atoms with Crippen LogP contribution in [-0.4, -0.2) is 57.8 Å². The number of hydrogen-bond donors (Lipinski definition) is 0. The van der Waals surface area contributed by atoms with Crippen LogP contribution in [0.1, 0.15) is 13.8 Å². The van der Waals surface area contributed by atoms with Gasteiger partial charge in [-0.15, -0.1) is 23.5 Å². The molecule has 6 heteroatoms. The summed E-state index contributed by atoms with van der Waals surface area (Å²) in [7, 11) is 3.52. The molecule has 0 radical (unpaired) electrons. The van der Waals surface area contributed by atoms with E-state index in [0.29, 0.717) is 6.67 Å². The Morgan fingerprint density at radius 3 is 1.19 bits per heavy atom. The van der Waals surface area contributed by atoms with Gasteiger partial charge in [-0.25, -0.2) is 0 Å². The Bertz CT molecular complexity index is 257. The molecule has 0 heterocycles. The van der Waals surface area contributed by atoms with Gasteiger partial charge in [0.25, 0.3) is 0 Å². The van der Waals surface area contributed by atoms with E-state index < -0.39 is 0 Å². The van der Waals surface area contributed by atoms with Crippen LogP contribution >= 0.6 is 23.5 Å². The van der Waals surface area contributed by atoms with Crippen LogP contribution in [0.4, 0.5) is 0 Å². The number of aliphatic imine (C=N–C) groups is 4. The molecule has 0 aliphatic heterocycles. The van der Waals surface area contributed by atoms with Crippen LogP contribution < -0.4 is 0 Å². The van der Waals surface area contributed by atoms with Crippen LogP contribution in [0.2, 0.25) is 0 Å². The van der Waals surface area contributed by atoms with Crippen molar-refractivity contribution < 1.29 is 0 Å². The summed E-state index contributed by atoms with van der Waals surface area (Å²) >= 11 is 3.22. The summed E-state index contributed by atoms with van der Waals surface area (Å²) in [5, 5.41) is 0. The third-order valence-electron chi connectivity index (χ3n) is 1.12. The van der Waals surface area contributed by atoms with Gasteiger partial charge < -0.3 is 0 Å². The van der Waals surface area contributed by atoms with Crippen molar-refractivity contribution in [1.82, 2.24) is 0 Å². The van der Waals surface area contributed by atoms with Crippen LogP contribution in [0.15, 0.2) is 44.3 Å². The van der Waals surface area contributed by atoms with Crippen molar-refractivity contribution in [3.8, 4) is 0 Å². The van der Waals surface area contributed by atoms with Gasteiger partial charge in [0.05, 0.1) is 11.1 Å². The Labute approximate surface area is 139 Å². The van der Waals surface area contributed by atoms with Gasteiger partial charge in [-0.3, -0.25) is 20.0 Å². The van der Waals surface area contributed by atoms with Gasteiger partial charge in [0, 0.05) is 14.1 Å². The van der Waals surface area contributed by atoms with Crippen LogP contribution in [-0.2, 0) is 0 Å². The SMILES string of the molecule is C/C=C\C=C/C.C=NCN=C.CN=CSC.CN=CSC. The molecule has 0 saturated heterocycles. The summed E-state index contributed by atoms with van der Waals surface area (Å²) in [5.74, 6) is 0. The molecule has 0 spiro atoms.